The summed E-state index contributed by atoms with van der Waals surface area (Å²) >= 11 is 0. The van der Waals surface area contributed by atoms with Crippen molar-refractivity contribution in [3.8, 4) is 0 Å². The van der Waals surface area contributed by atoms with Gasteiger partial charge in [-0.25, -0.2) is 0 Å². The van der Waals surface area contributed by atoms with Crippen LogP contribution in [0.5, 0.6) is 0 Å². The van der Waals surface area contributed by atoms with Gasteiger partial charge >= 0.3 is 7.69 Å². The second kappa shape index (κ2) is 2.69. The molecule has 0 aromatic rings. The highest BCUT2D eigenvalue weighted by Gasteiger charge is 2.27. The molecular formula is C5H11BO3. The summed E-state index contributed by atoms with van der Waals surface area (Å²) in [6.45, 7) is 3.27. The van der Waals surface area contributed by atoms with Crippen molar-refractivity contribution in [1.82, 2.24) is 0 Å². The van der Waals surface area contributed by atoms with Crippen molar-refractivity contribution in [2.75, 3.05) is 19.8 Å². The highest BCUT2D eigenvalue weighted by Crippen LogP contribution is 2.18. The van der Waals surface area contributed by atoms with Gasteiger partial charge in [-0.2, -0.15) is 0 Å². The third kappa shape index (κ3) is 1.68. The summed E-state index contributed by atoms with van der Waals surface area (Å²) in [5, 5.41) is 8.79. The van der Waals surface area contributed by atoms with Crippen LogP contribution in [-0.2, 0) is 9.31 Å². The molecule has 0 unspecified atom stereocenters. The van der Waals surface area contributed by atoms with E-state index in [0.717, 1.165) is 0 Å². The molecule has 0 aromatic carbocycles. The SMILES string of the molecule is CC1(CO)COBOC1. The van der Waals surface area contributed by atoms with E-state index < -0.39 is 0 Å². The summed E-state index contributed by atoms with van der Waals surface area (Å²) in [6.07, 6.45) is 0. The van der Waals surface area contributed by atoms with Crippen molar-refractivity contribution < 1.29 is 14.4 Å². The van der Waals surface area contributed by atoms with Gasteiger partial charge in [-0.1, -0.05) is 6.92 Å². The van der Waals surface area contributed by atoms with Crippen LogP contribution < -0.4 is 0 Å². The van der Waals surface area contributed by atoms with Gasteiger partial charge in [-0.3, -0.25) is 0 Å². The van der Waals surface area contributed by atoms with Crippen molar-refractivity contribution in [1.29, 1.82) is 0 Å². The van der Waals surface area contributed by atoms with Crippen LogP contribution in [0.3, 0.4) is 0 Å². The van der Waals surface area contributed by atoms with Gasteiger partial charge in [-0.15, -0.1) is 0 Å². The van der Waals surface area contributed by atoms with Crippen LogP contribution >= 0.6 is 0 Å². The summed E-state index contributed by atoms with van der Waals surface area (Å²) in [5.41, 5.74) is -0.168. The molecule has 3 nitrogen and oxygen atoms in total. The minimum Gasteiger partial charge on any atom is -0.413 e. The maximum atomic E-state index is 8.79. The van der Waals surface area contributed by atoms with E-state index >= 15 is 0 Å². The molecule has 0 radical (unpaired) electrons. The Morgan fingerprint density at radius 2 is 2.11 bits per heavy atom. The average molecular weight is 130 g/mol. The van der Waals surface area contributed by atoms with Crippen LogP contribution in [0, 0.1) is 5.41 Å². The Morgan fingerprint density at radius 3 is 2.44 bits per heavy atom. The number of hydrogen-bond donors (Lipinski definition) is 1. The second-order valence-electron chi connectivity index (χ2n) is 2.78. The highest BCUT2D eigenvalue weighted by molar-refractivity contribution is 6.18. The maximum absolute atomic E-state index is 8.79. The van der Waals surface area contributed by atoms with Gasteiger partial charge in [-0.05, 0) is 0 Å². The monoisotopic (exact) mass is 130 g/mol. The van der Waals surface area contributed by atoms with Crippen molar-refractivity contribution >= 4 is 7.69 Å². The van der Waals surface area contributed by atoms with E-state index in [1.165, 1.54) is 0 Å². The van der Waals surface area contributed by atoms with Gasteiger partial charge in [0.2, 0.25) is 0 Å². The molecule has 1 aliphatic heterocycles. The Kier molecular flexibility index (Phi) is 2.11. The molecule has 1 aliphatic rings. The lowest BCUT2D eigenvalue weighted by atomic mass is 9.92. The van der Waals surface area contributed by atoms with E-state index in [-0.39, 0.29) is 12.0 Å². The molecule has 1 saturated heterocycles. The molecule has 1 heterocycles. The van der Waals surface area contributed by atoms with E-state index in [9.17, 15) is 0 Å². The van der Waals surface area contributed by atoms with Crippen LogP contribution in [-0.4, -0.2) is 32.6 Å². The molecule has 52 valence electrons. The Labute approximate surface area is 55.3 Å². The number of aliphatic hydroxyl groups is 1. The standard InChI is InChI=1S/C5H11BO3/c1-5(2-7)3-8-6-9-4-5/h6-7H,2-4H2,1H3. The smallest absolute Gasteiger partial charge is 0.413 e. The van der Waals surface area contributed by atoms with E-state index in [2.05, 4.69) is 0 Å². The fourth-order valence-corrected chi connectivity index (χ4v) is 0.768. The zero-order valence-electron chi connectivity index (χ0n) is 5.59. The Hall–Kier alpha value is -0.0551. The first-order valence-corrected chi connectivity index (χ1v) is 3.03. The Balaban J connectivity index is 2.37. The molecule has 1 rings (SSSR count). The molecular weight excluding hydrogens is 119 g/mol. The fourth-order valence-electron chi connectivity index (χ4n) is 0.768. The molecule has 9 heavy (non-hydrogen) atoms. The topological polar surface area (TPSA) is 38.7 Å². The molecule has 0 aromatic heterocycles. The van der Waals surface area contributed by atoms with Crippen molar-refractivity contribution in [2.45, 2.75) is 6.92 Å². The summed E-state index contributed by atoms with van der Waals surface area (Å²) in [6, 6.07) is 0. The molecule has 0 bridgehead atoms. The third-order valence-corrected chi connectivity index (χ3v) is 1.45. The highest BCUT2D eigenvalue weighted by atomic mass is 16.6. The lowest BCUT2D eigenvalue weighted by Gasteiger charge is -2.30. The largest absolute Gasteiger partial charge is 0.438 e. The van der Waals surface area contributed by atoms with Gasteiger partial charge in [0.1, 0.15) is 0 Å². The Morgan fingerprint density at radius 1 is 1.56 bits per heavy atom. The zero-order valence-corrected chi connectivity index (χ0v) is 5.59. The lowest BCUT2D eigenvalue weighted by molar-refractivity contribution is -0.00828. The number of hydrogen-bond acceptors (Lipinski definition) is 3. The predicted molar refractivity (Wildman–Crippen MR) is 34.2 cm³/mol. The van der Waals surface area contributed by atoms with Crippen molar-refractivity contribution in [2.24, 2.45) is 5.41 Å². The van der Waals surface area contributed by atoms with Crippen LogP contribution in [0.2, 0.25) is 0 Å². The molecule has 0 aliphatic carbocycles. The first-order chi connectivity index (χ1) is 4.27. The molecule has 4 heteroatoms. The normalized spacial score (nSPS) is 25.1. The van der Waals surface area contributed by atoms with Gasteiger partial charge in [0.25, 0.3) is 0 Å². The average Bonchev–Trinajstić information content (AvgIpc) is 1.90. The summed E-state index contributed by atoms with van der Waals surface area (Å²) in [4.78, 5) is 0. The van der Waals surface area contributed by atoms with Gasteiger partial charge < -0.3 is 14.4 Å². The van der Waals surface area contributed by atoms with Crippen LogP contribution in [0.1, 0.15) is 6.92 Å². The zero-order chi connectivity index (χ0) is 6.74. The molecule has 0 amide bonds. The third-order valence-electron chi connectivity index (χ3n) is 1.45. The molecule has 1 N–H and O–H groups in total. The van der Waals surface area contributed by atoms with Gasteiger partial charge in [0.15, 0.2) is 0 Å². The van der Waals surface area contributed by atoms with Crippen LogP contribution in [0.15, 0.2) is 0 Å². The molecule has 0 atom stereocenters. The van der Waals surface area contributed by atoms with Gasteiger partial charge in [0, 0.05) is 18.6 Å². The second-order valence-corrected chi connectivity index (χ2v) is 2.78. The van der Waals surface area contributed by atoms with Crippen LogP contribution in [0.25, 0.3) is 0 Å². The predicted octanol–water partition coefficient (Wildman–Crippen LogP) is -0.702. The first kappa shape index (κ1) is 7.06. The van der Waals surface area contributed by atoms with Gasteiger partial charge in [0.05, 0.1) is 6.61 Å². The summed E-state index contributed by atoms with van der Waals surface area (Å²) in [5.74, 6) is 0. The lowest BCUT2D eigenvalue weighted by Crippen LogP contribution is -2.38. The summed E-state index contributed by atoms with van der Waals surface area (Å²) < 4.78 is 9.99. The molecule has 0 spiro atoms. The molecule has 0 saturated carbocycles. The summed E-state index contributed by atoms with van der Waals surface area (Å²) in [7, 11) is 0.371. The minimum absolute atomic E-state index is 0.132. The minimum atomic E-state index is -0.168. The van der Waals surface area contributed by atoms with Crippen molar-refractivity contribution in [3.63, 3.8) is 0 Å². The Bertz CT molecular complexity index is 90.2. The fraction of sp³-hybridized carbons (Fsp3) is 1.00. The molecule has 1 fully saturated rings. The number of rotatable bonds is 1. The van der Waals surface area contributed by atoms with E-state index in [1.54, 1.807) is 0 Å². The van der Waals surface area contributed by atoms with E-state index in [4.69, 9.17) is 14.4 Å². The van der Waals surface area contributed by atoms with Crippen molar-refractivity contribution in [3.05, 3.63) is 0 Å². The van der Waals surface area contributed by atoms with Crippen LogP contribution in [0.4, 0.5) is 0 Å². The first-order valence-electron chi connectivity index (χ1n) is 3.03. The van der Waals surface area contributed by atoms with E-state index in [0.29, 0.717) is 20.9 Å². The quantitative estimate of drug-likeness (QED) is 0.477. The van der Waals surface area contributed by atoms with E-state index in [1.807, 2.05) is 6.92 Å². The maximum Gasteiger partial charge on any atom is 0.438 e. The number of aliphatic hydroxyl groups excluding tert-OH is 1.